The van der Waals surface area contributed by atoms with E-state index in [1.165, 1.54) is 23.4 Å². The van der Waals surface area contributed by atoms with Crippen molar-refractivity contribution in [2.75, 3.05) is 7.11 Å². The van der Waals surface area contributed by atoms with E-state index in [-0.39, 0.29) is 11.5 Å². The highest BCUT2D eigenvalue weighted by Gasteiger charge is 2.18. The zero-order valence-corrected chi connectivity index (χ0v) is 13.9. The van der Waals surface area contributed by atoms with Crippen LogP contribution in [-0.2, 0) is 16.6 Å². The number of methoxy groups -OCH3 is 1. The number of carbonyl (C=O) groups excluding carboxylic acids is 1. The lowest BCUT2D eigenvalue weighted by atomic mass is 10.1. The number of esters is 1. The molecule has 2 aromatic carbocycles. The molecule has 0 saturated carbocycles. The number of aromatic nitrogens is 2. The predicted octanol–water partition coefficient (Wildman–Crippen LogP) is 2.74. The molecule has 0 spiro atoms. The first-order chi connectivity index (χ1) is 11.0. The standard InChI is InChI=1S/C17H16N2O3S/c1-10(16(21)22-3)23-17-18-14-9-12-7-5-4-6-11(12)8-13(14)15(20)19(17)2/h4-10H,1-3H3/t10-/m1/s1. The van der Waals surface area contributed by atoms with E-state index in [9.17, 15) is 9.59 Å². The number of fused-ring (bicyclic) bond motifs is 2. The van der Waals surface area contributed by atoms with E-state index in [0.717, 1.165) is 10.8 Å². The maximum Gasteiger partial charge on any atom is 0.318 e. The van der Waals surface area contributed by atoms with Crippen LogP contribution in [0.4, 0.5) is 0 Å². The van der Waals surface area contributed by atoms with E-state index < -0.39 is 5.25 Å². The molecule has 3 rings (SSSR count). The van der Waals surface area contributed by atoms with Crippen LogP contribution >= 0.6 is 11.8 Å². The van der Waals surface area contributed by atoms with E-state index in [1.54, 1.807) is 14.0 Å². The lowest BCUT2D eigenvalue weighted by molar-refractivity contribution is -0.139. The van der Waals surface area contributed by atoms with E-state index in [1.807, 2.05) is 36.4 Å². The second-order valence-corrected chi connectivity index (χ2v) is 6.57. The third kappa shape index (κ3) is 2.82. The maximum absolute atomic E-state index is 12.6. The molecule has 0 radical (unpaired) electrons. The SMILES string of the molecule is COC(=O)[C@@H](C)Sc1nc2cc3ccccc3cc2c(=O)n1C. The Labute approximate surface area is 137 Å². The van der Waals surface area contributed by atoms with E-state index in [4.69, 9.17) is 4.74 Å². The average Bonchev–Trinajstić information content (AvgIpc) is 2.57. The highest BCUT2D eigenvalue weighted by molar-refractivity contribution is 8.00. The number of benzene rings is 2. The van der Waals surface area contributed by atoms with Gasteiger partial charge in [0.25, 0.3) is 5.56 Å². The minimum atomic E-state index is -0.434. The zero-order valence-electron chi connectivity index (χ0n) is 13.1. The van der Waals surface area contributed by atoms with Gasteiger partial charge in [-0.05, 0) is 29.8 Å². The molecule has 0 unspecified atom stereocenters. The summed E-state index contributed by atoms with van der Waals surface area (Å²) in [7, 11) is 3.01. The largest absolute Gasteiger partial charge is 0.468 e. The molecule has 0 amide bonds. The van der Waals surface area contributed by atoms with Crippen molar-refractivity contribution in [3.63, 3.8) is 0 Å². The fourth-order valence-electron chi connectivity index (χ4n) is 2.42. The van der Waals surface area contributed by atoms with Gasteiger partial charge in [-0.25, -0.2) is 4.98 Å². The molecule has 3 aromatic rings. The number of hydrogen-bond acceptors (Lipinski definition) is 5. The van der Waals surface area contributed by atoms with Crippen LogP contribution in [-0.4, -0.2) is 27.9 Å². The molecule has 0 aliphatic rings. The smallest absolute Gasteiger partial charge is 0.318 e. The van der Waals surface area contributed by atoms with Crippen LogP contribution in [0.2, 0.25) is 0 Å². The monoisotopic (exact) mass is 328 g/mol. The van der Waals surface area contributed by atoms with Crippen LogP contribution in [0.5, 0.6) is 0 Å². The van der Waals surface area contributed by atoms with Gasteiger partial charge in [-0.15, -0.1) is 0 Å². The van der Waals surface area contributed by atoms with Gasteiger partial charge in [0.05, 0.1) is 18.0 Å². The summed E-state index contributed by atoms with van der Waals surface area (Å²) in [5, 5.41) is 2.66. The van der Waals surface area contributed by atoms with Crippen molar-refractivity contribution in [2.45, 2.75) is 17.3 Å². The molecule has 0 fully saturated rings. The molecule has 118 valence electrons. The number of thioether (sulfide) groups is 1. The van der Waals surface area contributed by atoms with Crippen molar-refractivity contribution >= 4 is 39.4 Å². The molecule has 1 aromatic heterocycles. The maximum atomic E-state index is 12.6. The second kappa shape index (κ2) is 6.04. The van der Waals surface area contributed by atoms with Gasteiger partial charge in [0, 0.05) is 7.05 Å². The summed E-state index contributed by atoms with van der Waals surface area (Å²) < 4.78 is 6.20. The first-order valence-electron chi connectivity index (χ1n) is 7.15. The van der Waals surface area contributed by atoms with Gasteiger partial charge >= 0.3 is 5.97 Å². The van der Waals surface area contributed by atoms with Crippen LogP contribution in [0.15, 0.2) is 46.3 Å². The molecule has 0 aliphatic heterocycles. The third-order valence-electron chi connectivity index (χ3n) is 3.72. The summed E-state index contributed by atoms with van der Waals surface area (Å²) >= 11 is 1.21. The fraction of sp³-hybridized carbons (Fsp3) is 0.235. The Kier molecular flexibility index (Phi) is 4.09. The third-order valence-corrected chi connectivity index (χ3v) is 4.84. The van der Waals surface area contributed by atoms with Crippen LogP contribution in [0, 0.1) is 0 Å². The minimum Gasteiger partial charge on any atom is -0.468 e. The molecule has 1 atom stereocenters. The summed E-state index contributed by atoms with van der Waals surface area (Å²) in [6.45, 7) is 1.73. The first-order valence-corrected chi connectivity index (χ1v) is 8.03. The van der Waals surface area contributed by atoms with Crippen molar-refractivity contribution in [1.29, 1.82) is 0 Å². The molecular formula is C17H16N2O3S. The summed E-state index contributed by atoms with van der Waals surface area (Å²) in [5.74, 6) is -0.345. The Balaban J connectivity index is 2.17. The molecule has 0 N–H and O–H groups in total. The number of rotatable bonds is 3. The molecule has 23 heavy (non-hydrogen) atoms. The van der Waals surface area contributed by atoms with Crippen LogP contribution in [0.3, 0.4) is 0 Å². The van der Waals surface area contributed by atoms with Crippen molar-refractivity contribution in [3.8, 4) is 0 Å². The summed E-state index contributed by atoms with van der Waals surface area (Å²) in [4.78, 5) is 28.8. The lowest BCUT2D eigenvalue weighted by Gasteiger charge is -2.12. The first kappa shape index (κ1) is 15.6. The number of hydrogen-bond donors (Lipinski definition) is 0. The summed E-state index contributed by atoms with van der Waals surface area (Å²) in [6.07, 6.45) is 0. The molecule has 1 heterocycles. The Morgan fingerprint density at radius 3 is 2.57 bits per heavy atom. The topological polar surface area (TPSA) is 61.2 Å². The highest BCUT2D eigenvalue weighted by Crippen LogP contribution is 2.24. The molecular weight excluding hydrogens is 312 g/mol. The fourth-order valence-corrected chi connectivity index (χ4v) is 3.32. The van der Waals surface area contributed by atoms with Crippen molar-refractivity contribution in [3.05, 3.63) is 46.8 Å². The van der Waals surface area contributed by atoms with Gasteiger partial charge in [0.2, 0.25) is 0 Å². The minimum absolute atomic E-state index is 0.125. The zero-order chi connectivity index (χ0) is 16.6. The Morgan fingerprint density at radius 2 is 1.91 bits per heavy atom. The van der Waals surface area contributed by atoms with Gasteiger partial charge in [-0.2, -0.15) is 0 Å². The highest BCUT2D eigenvalue weighted by atomic mass is 32.2. The Hall–Kier alpha value is -2.34. The average molecular weight is 328 g/mol. The van der Waals surface area contributed by atoms with Crippen molar-refractivity contribution in [2.24, 2.45) is 7.05 Å². The van der Waals surface area contributed by atoms with Crippen molar-refractivity contribution in [1.82, 2.24) is 9.55 Å². The quantitative estimate of drug-likeness (QED) is 0.320. The number of carbonyl (C=O) groups is 1. The number of nitrogens with zero attached hydrogens (tertiary/aromatic N) is 2. The molecule has 0 saturated heterocycles. The summed E-state index contributed by atoms with van der Waals surface area (Å²) in [5.41, 5.74) is 0.506. The molecule has 5 nitrogen and oxygen atoms in total. The molecule has 0 aliphatic carbocycles. The summed E-state index contributed by atoms with van der Waals surface area (Å²) in [6, 6.07) is 11.6. The van der Waals surface area contributed by atoms with Crippen LogP contribution < -0.4 is 5.56 Å². The second-order valence-electron chi connectivity index (χ2n) is 5.26. The Morgan fingerprint density at radius 1 is 1.26 bits per heavy atom. The predicted molar refractivity (Wildman–Crippen MR) is 91.8 cm³/mol. The van der Waals surface area contributed by atoms with Crippen LogP contribution in [0.25, 0.3) is 21.7 Å². The van der Waals surface area contributed by atoms with Gasteiger partial charge in [0.15, 0.2) is 5.16 Å². The normalized spacial score (nSPS) is 12.5. The van der Waals surface area contributed by atoms with Gasteiger partial charge in [-0.3, -0.25) is 14.2 Å². The number of ether oxygens (including phenoxy) is 1. The van der Waals surface area contributed by atoms with Gasteiger partial charge < -0.3 is 4.74 Å². The van der Waals surface area contributed by atoms with Crippen molar-refractivity contribution < 1.29 is 9.53 Å². The van der Waals surface area contributed by atoms with Gasteiger partial charge in [0.1, 0.15) is 5.25 Å². The Bertz CT molecular complexity index is 965. The van der Waals surface area contributed by atoms with Crippen LogP contribution in [0.1, 0.15) is 6.92 Å². The molecule has 6 heteroatoms. The molecule has 0 bridgehead atoms. The lowest BCUT2D eigenvalue weighted by Crippen LogP contribution is -2.22. The van der Waals surface area contributed by atoms with E-state index >= 15 is 0 Å². The van der Waals surface area contributed by atoms with E-state index in [2.05, 4.69) is 4.98 Å². The van der Waals surface area contributed by atoms with Gasteiger partial charge in [-0.1, -0.05) is 36.0 Å². The van der Waals surface area contributed by atoms with E-state index in [0.29, 0.717) is 16.1 Å².